The van der Waals surface area contributed by atoms with E-state index >= 15 is 0 Å². The zero-order chi connectivity index (χ0) is 14.5. The molecule has 0 saturated carbocycles. The molecule has 1 heterocycles. The highest BCUT2D eigenvalue weighted by molar-refractivity contribution is 5.52. The van der Waals surface area contributed by atoms with Crippen molar-refractivity contribution in [1.29, 1.82) is 0 Å². The maximum atomic E-state index is 12.7. The molecule has 6 nitrogen and oxygen atoms in total. The van der Waals surface area contributed by atoms with Gasteiger partial charge in [-0.25, -0.2) is 9.37 Å². The fraction of sp³-hybridized carbons (Fsp3) is 0.154. The van der Waals surface area contributed by atoms with Crippen LogP contribution in [0, 0.1) is 15.9 Å². The van der Waals surface area contributed by atoms with E-state index in [1.54, 1.807) is 12.1 Å². The monoisotopic (exact) mass is 276 g/mol. The molecule has 104 valence electrons. The zero-order valence-corrected chi connectivity index (χ0v) is 10.5. The number of nitrogens with one attached hydrogen (secondary N) is 1. The number of rotatable bonds is 5. The van der Waals surface area contributed by atoms with E-state index in [0.29, 0.717) is 18.8 Å². The smallest absolute Gasteiger partial charge is 0.276 e. The second-order valence-corrected chi connectivity index (χ2v) is 4.20. The lowest BCUT2D eigenvalue weighted by molar-refractivity contribution is -0.384. The van der Waals surface area contributed by atoms with Gasteiger partial charge in [0.1, 0.15) is 17.5 Å². The van der Waals surface area contributed by atoms with E-state index in [4.69, 9.17) is 5.73 Å². The van der Waals surface area contributed by atoms with Crippen molar-refractivity contribution >= 4 is 17.3 Å². The minimum Gasteiger partial charge on any atom is -0.383 e. The molecule has 0 saturated heterocycles. The highest BCUT2D eigenvalue weighted by Gasteiger charge is 2.09. The molecular formula is C13H13FN4O2. The van der Waals surface area contributed by atoms with E-state index in [9.17, 15) is 14.5 Å². The van der Waals surface area contributed by atoms with Gasteiger partial charge in [-0.15, -0.1) is 0 Å². The molecular weight excluding hydrogens is 263 g/mol. The van der Waals surface area contributed by atoms with Gasteiger partial charge in [0.25, 0.3) is 5.69 Å². The van der Waals surface area contributed by atoms with Crippen molar-refractivity contribution in [3.63, 3.8) is 0 Å². The summed E-state index contributed by atoms with van der Waals surface area (Å²) in [5.41, 5.74) is 6.35. The van der Waals surface area contributed by atoms with E-state index in [1.807, 2.05) is 0 Å². The number of hydrogen-bond donors (Lipinski definition) is 2. The van der Waals surface area contributed by atoms with Crippen LogP contribution in [0.1, 0.15) is 5.56 Å². The first-order chi connectivity index (χ1) is 9.54. The van der Waals surface area contributed by atoms with Crippen molar-refractivity contribution in [3.05, 3.63) is 57.9 Å². The SMILES string of the molecule is Nc1cc([N+](=O)[O-])cc(NCCc2ccc(F)cc2)n1. The third-order valence-corrected chi connectivity index (χ3v) is 2.67. The minimum absolute atomic E-state index is 0.0866. The van der Waals surface area contributed by atoms with Gasteiger partial charge >= 0.3 is 0 Å². The Labute approximate surface area is 114 Å². The van der Waals surface area contributed by atoms with Crippen LogP contribution in [0.15, 0.2) is 36.4 Å². The summed E-state index contributed by atoms with van der Waals surface area (Å²) in [4.78, 5) is 14.1. The highest BCUT2D eigenvalue weighted by atomic mass is 19.1. The number of nitrogen functional groups attached to an aromatic ring is 1. The molecule has 0 fully saturated rings. The van der Waals surface area contributed by atoms with Crippen LogP contribution < -0.4 is 11.1 Å². The zero-order valence-electron chi connectivity index (χ0n) is 10.5. The molecule has 0 aliphatic heterocycles. The molecule has 3 N–H and O–H groups in total. The lowest BCUT2D eigenvalue weighted by Crippen LogP contribution is -2.08. The topological polar surface area (TPSA) is 94.1 Å². The quantitative estimate of drug-likeness (QED) is 0.645. The Kier molecular flexibility index (Phi) is 4.09. The number of pyridine rings is 1. The van der Waals surface area contributed by atoms with Crippen LogP contribution in [-0.2, 0) is 6.42 Å². The normalized spacial score (nSPS) is 10.2. The van der Waals surface area contributed by atoms with E-state index in [2.05, 4.69) is 10.3 Å². The van der Waals surface area contributed by atoms with E-state index in [1.165, 1.54) is 24.3 Å². The number of aromatic nitrogens is 1. The van der Waals surface area contributed by atoms with Crippen molar-refractivity contribution in [2.24, 2.45) is 0 Å². The van der Waals surface area contributed by atoms with Gasteiger partial charge in [-0.3, -0.25) is 10.1 Å². The summed E-state index contributed by atoms with van der Waals surface area (Å²) in [6, 6.07) is 8.67. The molecule has 0 radical (unpaired) electrons. The summed E-state index contributed by atoms with van der Waals surface area (Å²) in [6.07, 6.45) is 0.643. The highest BCUT2D eigenvalue weighted by Crippen LogP contribution is 2.18. The predicted molar refractivity (Wildman–Crippen MR) is 73.9 cm³/mol. The Morgan fingerprint density at radius 3 is 2.65 bits per heavy atom. The molecule has 0 atom stereocenters. The number of nitro groups is 1. The average molecular weight is 276 g/mol. The van der Waals surface area contributed by atoms with E-state index < -0.39 is 4.92 Å². The first-order valence-electron chi connectivity index (χ1n) is 5.95. The maximum Gasteiger partial charge on any atom is 0.276 e. The van der Waals surface area contributed by atoms with Crippen LogP contribution in [-0.4, -0.2) is 16.5 Å². The summed E-state index contributed by atoms with van der Waals surface area (Å²) in [6.45, 7) is 0.513. The first-order valence-corrected chi connectivity index (χ1v) is 5.95. The summed E-state index contributed by atoms with van der Waals surface area (Å²) in [5.74, 6) is 0.150. The first kappa shape index (κ1) is 13.7. The largest absolute Gasteiger partial charge is 0.383 e. The van der Waals surface area contributed by atoms with Crippen molar-refractivity contribution in [1.82, 2.24) is 4.98 Å². The number of nitrogens with two attached hydrogens (primary N) is 1. The lowest BCUT2D eigenvalue weighted by atomic mass is 10.1. The van der Waals surface area contributed by atoms with Gasteiger partial charge in [0.2, 0.25) is 0 Å². The van der Waals surface area contributed by atoms with Gasteiger partial charge in [0.05, 0.1) is 17.1 Å². The van der Waals surface area contributed by atoms with Crippen molar-refractivity contribution in [2.75, 3.05) is 17.6 Å². The molecule has 1 aromatic heterocycles. The lowest BCUT2D eigenvalue weighted by Gasteiger charge is -2.06. The fourth-order valence-electron chi connectivity index (χ4n) is 1.72. The Morgan fingerprint density at radius 1 is 1.30 bits per heavy atom. The summed E-state index contributed by atoms with van der Waals surface area (Å²) < 4.78 is 12.7. The van der Waals surface area contributed by atoms with Crippen molar-refractivity contribution in [2.45, 2.75) is 6.42 Å². The third kappa shape index (κ3) is 3.64. The van der Waals surface area contributed by atoms with Crippen molar-refractivity contribution in [3.8, 4) is 0 Å². The Balaban J connectivity index is 1.97. The Hall–Kier alpha value is -2.70. The predicted octanol–water partition coefficient (Wildman–Crippen LogP) is 2.37. The van der Waals surface area contributed by atoms with Gasteiger partial charge in [0.15, 0.2) is 0 Å². The van der Waals surface area contributed by atoms with E-state index in [0.717, 1.165) is 5.56 Å². The van der Waals surface area contributed by atoms with Gasteiger partial charge in [-0.1, -0.05) is 12.1 Å². The number of hydrogen-bond acceptors (Lipinski definition) is 5. The molecule has 0 unspecified atom stereocenters. The second-order valence-electron chi connectivity index (χ2n) is 4.20. The molecule has 0 aliphatic carbocycles. The molecule has 0 amide bonds. The molecule has 7 heteroatoms. The number of benzene rings is 1. The number of anilines is 2. The molecule has 1 aromatic carbocycles. The maximum absolute atomic E-state index is 12.7. The van der Waals surface area contributed by atoms with Crippen LogP contribution >= 0.6 is 0 Å². The average Bonchev–Trinajstić information content (AvgIpc) is 2.40. The van der Waals surface area contributed by atoms with Crippen LogP contribution in [0.2, 0.25) is 0 Å². The summed E-state index contributed by atoms with van der Waals surface area (Å²) in [7, 11) is 0. The minimum atomic E-state index is -0.525. The molecule has 20 heavy (non-hydrogen) atoms. The van der Waals surface area contributed by atoms with Gasteiger partial charge in [-0.05, 0) is 24.1 Å². The number of nitrogens with zero attached hydrogens (tertiary/aromatic N) is 2. The third-order valence-electron chi connectivity index (χ3n) is 2.67. The van der Waals surface area contributed by atoms with Crippen LogP contribution in [0.25, 0.3) is 0 Å². The fourth-order valence-corrected chi connectivity index (χ4v) is 1.72. The number of halogens is 1. The van der Waals surface area contributed by atoms with E-state index in [-0.39, 0.29) is 17.3 Å². The molecule has 0 bridgehead atoms. The molecule has 0 aliphatic rings. The van der Waals surface area contributed by atoms with Gasteiger partial charge in [0, 0.05) is 6.54 Å². The summed E-state index contributed by atoms with van der Waals surface area (Å²) in [5, 5.41) is 13.6. The molecule has 2 aromatic rings. The summed E-state index contributed by atoms with van der Waals surface area (Å²) >= 11 is 0. The molecule has 2 rings (SSSR count). The van der Waals surface area contributed by atoms with Crippen LogP contribution in [0.4, 0.5) is 21.7 Å². The van der Waals surface area contributed by atoms with Crippen molar-refractivity contribution < 1.29 is 9.31 Å². The van der Waals surface area contributed by atoms with Gasteiger partial charge in [-0.2, -0.15) is 0 Å². The molecule has 0 spiro atoms. The Bertz CT molecular complexity index is 616. The second kappa shape index (κ2) is 5.96. The van der Waals surface area contributed by atoms with Crippen LogP contribution in [0.5, 0.6) is 0 Å². The Morgan fingerprint density at radius 2 is 2.00 bits per heavy atom. The van der Waals surface area contributed by atoms with Crippen LogP contribution in [0.3, 0.4) is 0 Å². The standard InChI is InChI=1S/C13H13FN4O2/c14-10-3-1-9(2-4-10)5-6-16-13-8-11(18(19)20)7-12(15)17-13/h1-4,7-8H,5-6H2,(H3,15,16,17). The van der Waals surface area contributed by atoms with Gasteiger partial charge < -0.3 is 11.1 Å².